The number of halogens is 1. The second kappa shape index (κ2) is 3.96. The van der Waals surface area contributed by atoms with Gasteiger partial charge in [0.2, 0.25) is 0 Å². The van der Waals surface area contributed by atoms with Gasteiger partial charge in [0.25, 0.3) is 4.82 Å². The standard InChI is InChI=1S/C9H15BrN2O/c10-9(13)12-6-5-11-4-2-1-3-8(11)7-12/h8H,1-7H2. The molecule has 1 atom stereocenters. The molecular formula is C9H15BrN2O. The first-order valence-corrected chi connectivity index (χ1v) is 5.75. The van der Waals surface area contributed by atoms with Crippen molar-refractivity contribution in [2.24, 2.45) is 0 Å². The molecule has 0 aromatic heterocycles. The number of amides is 1. The fourth-order valence-corrected chi connectivity index (χ4v) is 2.64. The Bertz CT molecular complexity index is 210. The van der Waals surface area contributed by atoms with Gasteiger partial charge in [0.15, 0.2) is 0 Å². The van der Waals surface area contributed by atoms with Crippen molar-refractivity contribution in [3.63, 3.8) is 0 Å². The van der Waals surface area contributed by atoms with Gasteiger partial charge in [0.1, 0.15) is 0 Å². The third kappa shape index (κ3) is 2.05. The van der Waals surface area contributed by atoms with E-state index in [1.54, 1.807) is 0 Å². The molecule has 0 aromatic carbocycles. The van der Waals surface area contributed by atoms with Gasteiger partial charge in [0, 0.05) is 41.6 Å². The number of carbonyl (C=O) groups excluding carboxylic acids is 1. The summed E-state index contributed by atoms with van der Waals surface area (Å²) in [5.74, 6) is 0. The zero-order chi connectivity index (χ0) is 9.26. The fraction of sp³-hybridized carbons (Fsp3) is 0.889. The van der Waals surface area contributed by atoms with Crippen molar-refractivity contribution in [2.75, 3.05) is 26.2 Å². The summed E-state index contributed by atoms with van der Waals surface area (Å²) in [7, 11) is 0. The molecule has 2 heterocycles. The van der Waals surface area contributed by atoms with Crippen LogP contribution in [0.1, 0.15) is 19.3 Å². The van der Waals surface area contributed by atoms with Crippen LogP contribution in [-0.2, 0) is 0 Å². The average molecular weight is 247 g/mol. The maximum absolute atomic E-state index is 11.1. The van der Waals surface area contributed by atoms with E-state index in [2.05, 4.69) is 20.8 Å². The Morgan fingerprint density at radius 3 is 2.85 bits per heavy atom. The third-order valence-corrected chi connectivity index (χ3v) is 3.59. The van der Waals surface area contributed by atoms with E-state index in [9.17, 15) is 4.79 Å². The zero-order valence-corrected chi connectivity index (χ0v) is 9.29. The summed E-state index contributed by atoms with van der Waals surface area (Å²) >= 11 is 3.02. The fourth-order valence-electron chi connectivity index (χ4n) is 2.32. The summed E-state index contributed by atoms with van der Waals surface area (Å²) in [6.45, 7) is 4.10. The van der Waals surface area contributed by atoms with E-state index in [0.717, 1.165) is 19.6 Å². The van der Waals surface area contributed by atoms with Crippen LogP contribution in [0.15, 0.2) is 0 Å². The number of carbonyl (C=O) groups is 1. The number of hydrogen-bond acceptors (Lipinski definition) is 2. The number of hydrogen-bond donors (Lipinski definition) is 0. The number of piperidine rings is 1. The van der Waals surface area contributed by atoms with Crippen LogP contribution in [-0.4, -0.2) is 46.8 Å². The second-order valence-electron chi connectivity index (χ2n) is 3.88. The quantitative estimate of drug-likeness (QED) is 0.480. The highest BCUT2D eigenvalue weighted by Gasteiger charge is 2.29. The summed E-state index contributed by atoms with van der Waals surface area (Å²) in [6, 6.07) is 0.629. The van der Waals surface area contributed by atoms with E-state index in [4.69, 9.17) is 0 Å². The molecule has 0 aliphatic carbocycles. The maximum Gasteiger partial charge on any atom is 0.289 e. The molecule has 0 saturated carbocycles. The van der Waals surface area contributed by atoms with E-state index in [1.165, 1.54) is 25.8 Å². The van der Waals surface area contributed by atoms with Crippen LogP contribution in [0.25, 0.3) is 0 Å². The molecule has 2 aliphatic rings. The average Bonchev–Trinajstić information content (AvgIpc) is 2.17. The molecule has 1 unspecified atom stereocenters. The predicted molar refractivity (Wildman–Crippen MR) is 55.1 cm³/mol. The SMILES string of the molecule is O=C(Br)N1CCN2CCCCC2C1. The minimum atomic E-state index is 0.0534. The van der Waals surface area contributed by atoms with Gasteiger partial charge < -0.3 is 4.90 Å². The van der Waals surface area contributed by atoms with E-state index in [1.807, 2.05) is 4.90 Å². The molecule has 4 heteroatoms. The van der Waals surface area contributed by atoms with Crippen LogP contribution < -0.4 is 0 Å². The molecule has 2 aliphatic heterocycles. The van der Waals surface area contributed by atoms with Gasteiger partial charge in [-0.2, -0.15) is 0 Å². The lowest BCUT2D eigenvalue weighted by Gasteiger charge is -2.43. The van der Waals surface area contributed by atoms with Crippen molar-refractivity contribution in [3.8, 4) is 0 Å². The van der Waals surface area contributed by atoms with Gasteiger partial charge in [-0.1, -0.05) is 6.42 Å². The van der Waals surface area contributed by atoms with Crippen LogP contribution in [0.3, 0.4) is 0 Å². The lowest BCUT2D eigenvalue weighted by atomic mass is 10.00. The number of nitrogens with zero attached hydrogens (tertiary/aromatic N) is 2. The Morgan fingerprint density at radius 2 is 2.08 bits per heavy atom. The van der Waals surface area contributed by atoms with E-state index in [0.29, 0.717) is 6.04 Å². The summed E-state index contributed by atoms with van der Waals surface area (Å²) < 4.78 is 0. The first-order chi connectivity index (χ1) is 6.27. The van der Waals surface area contributed by atoms with Gasteiger partial charge >= 0.3 is 0 Å². The van der Waals surface area contributed by atoms with Gasteiger partial charge in [0.05, 0.1) is 0 Å². The predicted octanol–water partition coefficient (Wildman–Crippen LogP) is 1.67. The van der Waals surface area contributed by atoms with Crippen molar-refractivity contribution in [1.29, 1.82) is 0 Å². The van der Waals surface area contributed by atoms with Crippen LogP contribution >= 0.6 is 15.9 Å². The molecule has 3 nitrogen and oxygen atoms in total. The Morgan fingerprint density at radius 1 is 1.23 bits per heavy atom. The lowest BCUT2D eigenvalue weighted by Crippen LogP contribution is -2.55. The molecule has 0 bridgehead atoms. The molecule has 2 saturated heterocycles. The van der Waals surface area contributed by atoms with Crippen molar-refractivity contribution in [3.05, 3.63) is 0 Å². The topological polar surface area (TPSA) is 23.6 Å². The highest BCUT2D eigenvalue weighted by Crippen LogP contribution is 2.21. The monoisotopic (exact) mass is 246 g/mol. The summed E-state index contributed by atoms with van der Waals surface area (Å²) in [6.07, 6.45) is 3.92. The van der Waals surface area contributed by atoms with E-state index < -0.39 is 0 Å². The normalized spacial score (nSPS) is 29.9. The second-order valence-corrected chi connectivity index (χ2v) is 4.56. The van der Waals surface area contributed by atoms with Crippen LogP contribution in [0.2, 0.25) is 0 Å². The largest absolute Gasteiger partial charge is 0.330 e. The summed E-state index contributed by atoms with van der Waals surface area (Å²) in [4.78, 5) is 15.6. The van der Waals surface area contributed by atoms with Gasteiger partial charge in [-0.05, 0) is 19.4 Å². The minimum Gasteiger partial charge on any atom is -0.330 e. The first kappa shape index (κ1) is 9.46. The minimum absolute atomic E-state index is 0.0534. The van der Waals surface area contributed by atoms with Crippen molar-refractivity contribution >= 4 is 20.7 Å². The molecule has 1 amide bonds. The summed E-state index contributed by atoms with van der Waals surface area (Å²) in [5.41, 5.74) is 0. The third-order valence-electron chi connectivity index (χ3n) is 3.09. The Kier molecular flexibility index (Phi) is 2.89. The van der Waals surface area contributed by atoms with Gasteiger partial charge in [-0.3, -0.25) is 9.69 Å². The lowest BCUT2D eigenvalue weighted by molar-refractivity contribution is 0.0711. The van der Waals surface area contributed by atoms with Crippen molar-refractivity contribution in [1.82, 2.24) is 9.80 Å². The molecular weight excluding hydrogens is 232 g/mol. The number of piperazine rings is 1. The molecule has 0 radical (unpaired) electrons. The molecule has 74 valence electrons. The summed E-state index contributed by atoms with van der Waals surface area (Å²) in [5, 5.41) is 0. The Hall–Kier alpha value is -0.0900. The van der Waals surface area contributed by atoms with Crippen molar-refractivity contribution in [2.45, 2.75) is 25.3 Å². The molecule has 0 aromatic rings. The van der Waals surface area contributed by atoms with Crippen LogP contribution in [0.4, 0.5) is 4.79 Å². The number of rotatable bonds is 0. The first-order valence-electron chi connectivity index (χ1n) is 4.96. The molecule has 2 rings (SSSR count). The molecule has 0 N–H and O–H groups in total. The van der Waals surface area contributed by atoms with Gasteiger partial charge in [-0.15, -0.1) is 0 Å². The molecule has 2 fully saturated rings. The smallest absolute Gasteiger partial charge is 0.289 e. The molecule has 13 heavy (non-hydrogen) atoms. The van der Waals surface area contributed by atoms with Gasteiger partial charge in [-0.25, -0.2) is 0 Å². The Labute approximate surface area is 87.2 Å². The molecule has 0 spiro atoms. The number of fused-ring (bicyclic) bond motifs is 1. The van der Waals surface area contributed by atoms with Crippen LogP contribution in [0.5, 0.6) is 0 Å². The van der Waals surface area contributed by atoms with E-state index >= 15 is 0 Å². The van der Waals surface area contributed by atoms with E-state index in [-0.39, 0.29) is 4.82 Å². The maximum atomic E-state index is 11.1. The zero-order valence-electron chi connectivity index (χ0n) is 7.71. The highest BCUT2D eigenvalue weighted by molar-refractivity contribution is 9.18. The Balaban J connectivity index is 1.95. The van der Waals surface area contributed by atoms with Crippen LogP contribution in [0, 0.1) is 0 Å². The van der Waals surface area contributed by atoms with Crippen molar-refractivity contribution < 1.29 is 4.79 Å². The highest BCUT2D eigenvalue weighted by atomic mass is 79.9.